The summed E-state index contributed by atoms with van der Waals surface area (Å²) in [7, 11) is 0. The van der Waals surface area contributed by atoms with Crippen LogP contribution in [0, 0.1) is 0 Å². The third kappa shape index (κ3) is 8.26. The van der Waals surface area contributed by atoms with Crippen LogP contribution in [-0.2, 0) is 9.59 Å². The van der Waals surface area contributed by atoms with E-state index >= 15 is 0 Å². The molecular weight excluding hydrogens is 656 g/mol. The molecule has 0 spiro atoms. The molecule has 6 nitrogen and oxygen atoms in total. The molecule has 0 atom stereocenters. The summed E-state index contributed by atoms with van der Waals surface area (Å²) < 4.78 is 1.85. The number of para-hydroxylation sites is 2. The minimum atomic E-state index is -0.203. The number of halogens is 2. The van der Waals surface area contributed by atoms with Gasteiger partial charge in [-0.2, -0.15) is 0 Å². The Morgan fingerprint density at radius 1 is 0.548 bits per heavy atom. The minimum absolute atomic E-state index is 0.146. The normalized spacial score (nSPS) is 17.1. The summed E-state index contributed by atoms with van der Waals surface area (Å²) in [5, 5.41) is 6.44. The van der Waals surface area contributed by atoms with Crippen LogP contribution >= 0.6 is 31.9 Å². The molecule has 2 aliphatic carbocycles. The van der Waals surface area contributed by atoms with Crippen molar-refractivity contribution in [3.8, 4) is 0 Å². The molecule has 0 aliphatic heterocycles. The number of nitrogens with one attached hydrogen (secondary N) is 2. The van der Waals surface area contributed by atoms with Crippen LogP contribution in [0.15, 0.2) is 91.7 Å². The molecule has 0 saturated heterocycles. The van der Waals surface area contributed by atoms with Gasteiger partial charge >= 0.3 is 0 Å². The third-order valence-corrected chi connectivity index (χ3v) is 8.95. The van der Waals surface area contributed by atoms with Crippen LogP contribution in [0.4, 0.5) is 11.4 Å². The van der Waals surface area contributed by atoms with Gasteiger partial charge in [0.1, 0.15) is 11.4 Å². The van der Waals surface area contributed by atoms with Gasteiger partial charge in [-0.25, -0.2) is 9.98 Å². The van der Waals surface area contributed by atoms with Crippen LogP contribution in [-0.4, -0.2) is 35.3 Å². The lowest BCUT2D eigenvalue weighted by Crippen LogP contribution is -2.40. The first-order valence-electron chi connectivity index (χ1n) is 14.9. The highest BCUT2D eigenvalue weighted by molar-refractivity contribution is 9.10. The van der Waals surface area contributed by atoms with Crippen molar-refractivity contribution in [3.05, 3.63) is 92.9 Å². The van der Waals surface area contributed by atoms with Crippen molar-refractivity contribution >= 4 is 66.5 Å². The molecule has 8 heteroatoms. The lowest BCUT2D eigenvalue weighted by molar-refractivity contribution is -0.116. The molecule has 2 aliphatic rings. The highest BCUT2D eigenvalue weighted by atomic mass is 79.9. The second-order valence-corrected chi connectivity index (χ2v) is 12.9. The first-order valence-corrected chi connectivity index (χ1v) is 16.4. The van der Waals surface area contributed by atoms with Crippen molar-refractivity contribution in [1.82, 2.24) is 10.6 Å². The van der Waals surface area contributed by atoms with Gasteiger partial charge < -0.3 is 10.6 Å². The molecule has 2 fully saturated rings. The molecule has 3 aromatic carbocycles. The SMILES string of the molecule is O=C(NC1CCCCC1)C(=Nc1ccccc1N=C(C(=O)NC1CCCCC1)c1ccc(Br)cc1)c1ccc(Br)cc1. The number of carbonyl (C=O) groups excluding carboxylic acids is 2. The van der Waals surface area contributed by atoms with Crippen molar-refractivity contribution in [2.45, 2.75) is 76.3 Å². The van der Waals surface area contributed by atoms with E-state index in [0.29, 0.717) is 33.9 Å². The first kappa shape index (κ1) is 30.4. The molecule has 0 radical (unpaired) electrons. The van der Waals surface area contributed by atoms with Gasteiger partial charge in [-0.1, -0.05) is 107 Å². The van der Waals surface area contributed by atoms with Crippen LogP contribution < -0.4 is 10.6 Å². The van der Waals surface area contributed by atoms with E-state index in [0.717, 1.165) is 60.3 Å². The lowest BCUT2D eigenvalue weighted by Gasteiger charge is -2.23. The predicted octanol–water partition coefficient (Wildman–Crippen LogP) is 8.35. The van der Waals surface area contributed by atoms with E-state index in [1.165, 1.54) is 12.8 Å². The summed E-state index contributed by atoms with van der Waals surface area (Å²) >= 11 is 6.99. The van der Waals surface area contributed by atoms with Crippen LogP contribution in [0.2, 0.25) is 0 Å². The summed E-state index contributed by atoms with van der Waals surface area (Å²) in [6.45, 7) is 0. The van der Waals surface area contributed by atoms with Gasteiger partial charge in [-0.15, -0.1) is 0 Å². The molecule has 2 amide bonds. The molecule has 0 bridgehead atoms. The number of carbonyl (C=O) groups is 2. The molecule has 2 N–H and O–H groups in total. The average molecular weight is 692 g/mol. The fraction of sp³-hybridized carbons (Fsp3) is 0.353. The maximum Gasteiger partial charge on any atom is 0.270 e. The number of aliphatic imine (C=N–C) groups is 2. The van der Waals surface area contributed by atoms with Gasteiger partial charge in [0.15, 0.2) is 0 Å². The van der Waals surface area contributed by atoms with Crippen molar-refractivity contribution in [2.24, 2.45) is 9.98 Å². The lowest BCUT2D eigenvalue weighted by atomic mass is 9.95. The second kappa shape index (κ2) is 14.9. The third-order valence-electron chi connectivity index (χ3n) is 7.89. The van der Waals surface area contributed by atoms with E-state index in [2.05, 4.69) is 42.5 Å². The van der Waals surface area contributed by atoms with Gasteiger partial charge in [-0.05, 0) is 62.1 Å². The number of hydrogen-bond acceptors (Lipinski definition) is 4. The van der Waals surface area contributed by atoms with Gasteiger partial charge in [0, 0.05) is 32.2 Å². The highest BCUT2D eigenvalue weighted by Gasteiger charge is 2.23. The Bertz CT molecular complexity index is 1330. The summed E-state index contributed by atoms with van der Waals surface area (Å²) in [6.07, 6.45) is 10.8. The first-order chi connectivity index (χ1) is 20.5. The van der Waals surface area contributed by atoms with E-state index in [9.17, 15) is 9.59 Å². The van der Waals surface area contributed by atoms with Crippen LogP contribution in [0.5, 0.6) is 0 Å². The monoisotopic (exact) mass is 690 g/mol. The molecule has 0 heterocycles. The molecule has 2 saturated carbocycles. The zero-order valence-corrected chi connectivity index (χ0v) is 26.8. The fourth-order valence-electron chi connectivity index (χ4n) is 5.60. The van der Waals surface area contributed by atoms with Crippen LogP contribution in [0.25, 0.3) is 0 Å². The minimum Gasteiger partial charge on any atom is -0.348 e. The zero-order valence-electron chi connectivity index (χ0n) is 23.6. The summed E-state index contributed by atoms with van der Waals surface area (Å²) in [5.41, 5.74) is 3.13. The van der Waals surface area contributed by atoms with E-state index in [1.807, 2.05) is 72.8 Å². The number of benzene rings is 3. The van der Waals surface area contributed by atoms with Crippen molar-refractivity contribution in [2.75, 3.05) is 0 Å². The molecule has 5 rings (SSSR count). The Morgan fingerprint density at radius 2 is 0.905 bits per heavy atom. The van der Waals surface area contributed by atoms with Crippen molar-refractivity contribution in [1.29, 1.82) is 0 Å². The van der Waals surface area contributed by atoms with E-state index in [1.54, 1.807) is 0 Å². The Morgan fingerprint density at radius 3 is 1.26 bits per heavy atom. The number of rotatable bonds is 8. The molecule has 0 aromatic heterocycles. The molecule has 42 heavy (non-hydrogen) atoms. The summed E-state index contributed by atoms with van der Waals surface area (Å²) in [5.74, 6) is -0.405. The Kier molecular flexibility index (Phi) is 10.8. The van der Waals surface area contributed by atoms with E-state index in [4.69, 9.17) is 9.98 Å². The Balaban J connectivity index is 1.53. The molecular formula is C34H36Br2N4O2. The molecule has 0 unspecified atom stereocenters. The summed E-state index contributed by atoms with van der Waals surface area (Å²) in [6, 6.07) is 22.9. The maximum atomic E-state index is 13.7. The van der Waals surface area contributed by atoms with E-state index in [-0.39, 0.29) is 23.9 Å². The Labute approximate surface area is 264 Å². The number of hydrogen-bond donors (Lipinski definition) is 2. The predicted molar refractivity (Wildman–Crippen MR) is 177 cm³/mol. The van der Waals surface area contributed by atoms with Crippen LogP contribution in [0.3, 0.4) is 0 Å². The quantitative estimate of drug-likeness (QED) is 0.233. The Hall–Kier alpha value is -3.10. The molecule has 3 aromatic rings. The fourth-order valence-corrected chi connectivity index (χ4v) is 6.13. The largest absolute Gasteiger partial charge is 0.348 e. The second-order valence-electron chi connectivity index (χ2n) is 11.0. The van der Waals surface area contributed by atoms with Gasteiger partial charge in [0.25, 0.3) is 11.8 Å². The topological polar surface area (TPSA) is 82.9 Å². The number of nitrogens with zero attached hydrogens (tertiary/aromatic N) is 2. The summed E-state index contributed by atoms with van der Waals surface area (Å²) in [4.78, 5) is 37.1. The van der Waals surface area contributed by atoms with Crippen molar-refractivity contribution in [3.63, 3.8) is 0 Å². The van der Waals surface area contributed by atoms with Gasteiger partial charge in [-0.3, -0.25) is 9.59 Å². The smallest absolute Gasteiger partial charge is 0.270 e. The van der Waals surface area contributed by atoms with E-state index < -0.39 is 0 Å². The van der Waals surface area contributed by atoms with Crippen molar-refractivity contribution < 1.29 is 9.59 Å². The number of amides is 2. The highest BCUT2D eigenvalue weighted by Crippen LogP contribution is 2.30. The van der Waals surface area contributed by atoms with Crippen LogP contribution in [0.1, 0.15) is 75.3 Å². The maximum absolute atomic E-state index is 13.7. The van der Waals surface area contributed by atoms with Gasteiger partial charge in [0.2, 0.25) is 0 Å². The standard InChI is InChI=1S/C34H36Br2N4O2/c35-25-19-15-23(16-20-25)31(33(41)37-27-9-3-1-4-10-27)39-29-13-7-8-14-30(29)40-32(24-17-21-26(36)22-18-24)34(42)38-28-11-5-2-6-12-28/h7-8,13-22,27-28H,1-6,9-12H2,(H,37,41)(H,38,42). The molecule has 218 valence electrons. The zero-order chi connectivity index (χ0) is 29.3. The van der Waals surface area contributed by atoms with Gasteiger partial charge in [0.05, 0.1) is 11.4 Å². The average Bonchev–Trinajstić information content (AvgIpc) is 3.01.